The number of amides is 1. The highest BCUT2D eigenvalue weighted by Gasteiger charge is 2.34. The van der Waals surface area contributed by atoms with Gasteiger partial charge >= 0.3 is 0 Å². The molecule has 3 aromatic carbocycles. The highest BCUT2D eigenvalue weighted by Crippen LogP contribution is 2.36. The Morgan fingerprint density at radius 3 is 2.72 bits per heavy atom. The summed E-state index contributed by atoms with van der Waals surface area (Å²) in [4.78, 5) is 13.6. The Morgan fingerprint density at radius 2 is 1.92 bits per heavy atom. The maximum absolute atomic E-state index is 13.6. The number of fused-ring (bicyclic) bond motifs is 1. The Bertz CT molecular complexity index is 1480. The fraction of sp³-hybridized carbons (Fsp3) is 0.154. The Morgan fingerprint density at radius 1 is 1.08 bits per heavy atom. The maximum atomic E-state index is 13.6. The van der Waals surface area contributed by atoms with Crippen LogP contribution in [0.25, 0.3) is 0 Å². The number of carbonyl (C=O) groups is 1. The molecule has 2 heterocycles. The molecule has 0 saturated carbocycles. The highest BCUT2D eigenvalue weighted by atomic mass is 35.5. The predicted molar refractivity (Wildman–Crippen MR) is 139 cm³/mol. The summed E-state index contributed by atoms with van der Waals surface area (Å²) in [5, 5.41) is 19.3. The average molecular weight is 521 g/mol. The van der Waals surface area contributed by atoms with E-state index in [0.29, 0.717) is 33.0 Å². The second-order valence-corrected chi connectivity index (χ2v) is 9.22. The Hall–Kier alpha value is -3.88. The van der Waals surface area contributed by atoms with Crippen molar-refractivity contribution in [2.75, 3.05) is 10.6 Å². The number of carbonyl (C=O) groups excluding carboxylic acids is 1. The van der Waals surface area contributed by atoms with Crippen LogP contribution in [-0.4, -0.2) is 26.1 Å². The minimum atomic E-state index is -0.567. The van der Waals surface area contributed by atoms with Crippen LogP contribution >= 0.6 is 23.2 Å². The summed E-state index contributed by atoms with van der Waals surface area (Å²) in [6.45, 7) is 4.04. The lowest BCUT2D eigenvalue weighted by molar-refractivity contribution is -0.113. The SMILES string of the molecule is CC1=C(C(=O)Nc2ccccc2C)C(c2cccc(OCc3ccc(Cl)cc3Cl)c2)n2nnnc2N1. The first kappa shape index (κ1) is 23.8. The lowest BCUT2D eigenvalue weighted by atomic mass is 9.94. The third-order valence-electron chi connectivity index (χ3n) is 5.94. The number of tetrazole rings is 1. The molecule has 0 saturated heterocycles. The Kier molecular flexibility index (Phi) is 6.63. The van der Waals surface area contributed by atoms with Crippen molar-refractivity contribution in [3.63, 3.8) is 0 Å². The lowest BCUT2D eigenvalue weighted by Crippen LogP contribution is -2.31. The number of hydrogen-bond donors (Lipinski definition) is 2. The fourth-order valence-corrected chi connectivity index (χ4v) is 4.55. The van der Waals surface area contributed by atoms with Crippen LogP contribution in [0.5, 0.6) is 5.75 Å². The standard InChI is InChI=1S/C26H22Cl2N6O2/c1-15-6-3-4-9-22(15)30-25(35)23-16(2)29-26-31-32-33-34(26)24(23)17-7-5-8-20(12-17)36-14-18-10-11-19(27)13-21(18)28/h3-13,24H,14H2,1-2H3,(H,30,35)(H,29,31,33). The number of hydrogen-bond acceptors (Lipinski definition) is 6. The molecule has 36 heavy (non-hydrogen) atoms. The molecule has 5 rings (SSSR count). The molecule has 0 bridgehead atoms. The van der Waals surface area contributed by atoms with Gasteiger partial charge in [0.2, 0.25) is 5.95 Å². The van der Waals surface area contributed by atoms with Gasteiger partial charge in [-0.05, 0) is 65.7 Å². The number of para-hydroxylation sites is 1. The van der Waals surface area contributed by atoms with Gasteiger partial charge < -0.3 is 15.4 Å². The second-order valence-electron chi connectivity index (χ2n) is 8.38. The molecule has 0 spiro atoms. The van der Waals surface area contributed by atoms with E-state index in [1.54, 1.807) is 16.8 Å². The Labute approximate surface area is 217 Å². The van der Waals surface area contributed by atoms with Crippen LogP contribution in [0, 0.1) is 6.92 Å². The number of nitrogens with zero attached hydrogens (tertiary/aromatic N) is 4. The van der Waals surface area contributed by atoms with Crippen molar-refractivity contribution in [3.8, 4) is 5.75 Å². The first-order valence-electron chi connectivity index (χ1n) is 11.2. The molecule has 1 aliphatic rings. The van der Waals surface area contributed by atoms with Gasteiger partial charge in [-0.3, -0.25) is 4.79 Å². The van der Waals surface area contributed by atoms with Gasteiger partial charge in [0.05, 0.1) is 5.57 Å². The fourth-order valence-electron chi connectivity index (χ4n) is 4.09. The van der Waals surface area contributed by atoms with Gasteiger partial charge in [0.25, 0.3) is 5.91 Å². The molecule has 10 heteroatoms. The molecule has 2 N–H and O–H groups in total. The van der Waals surface area contributed by atoms with E-state index in [1.165, 1.54) is 0 Å². The molecule has 0 radical (unpaired) electrons. The first-order valence-corrected chi connectivity index (χ1v) is 12.0. The van der Waals surface area contributed by atoms with E-state index in [9.17, 15) is 4.79 Å². The molecule has 182 valence electrons. The summed E-state index contributed by atoms with van der Waals surface area (Å²) < 4.78 is 7.62. The number of anilines is 2. The molecule has 8 nitrogen and oxygen atoms in total. The van der Waals surface area contributed by atoms with Crippen LogP contribution < -0.4 is 15.4 Å². The minimum absolute atomic E-state index is 0.250. The van der Waals surface area contributed by atoms with Gasteiger partial charge in [-0.1, -0.05) is 64.7 Å². The third-order valence-corrected chi connectivity index (χ3v) is 6.52. The number of halogens is 2. The maximum Gasteiger partial charge on any atom is 0.255 e. The van der Waals surface area contributed by atoms with Crippen LogP contribution in [0.1, 0.15) is 29.7 Å². The van der Waals surface area contributed by atoms with Gasteiger partial charge in [-0.25, -0.2) is 0 Å². The van der Waals surface area contributed by atoms with E-state index in [1.807, 2.05) is 68.4 Å². The van der Waals surface area contributed by atoms with E-state index < -0.39 is 6.04 Å². The largest absolute Gasteiger partial charge is 0.489 e. The van der Waals surface area contributed by atoms with Crippen LogP contribution in [0.3, 0.4) is 0 Å². The molecule has 1 unspecified atom stereocenters. The number of rotatable bonds is 6. The van der Waals surface area contributed by atoms with Gasteiger partial charge in [-0.15, -0.1) is 0 Å². The number of ether oxygens (including phenoxy) is 1. The quantitative estimate of drug-likeness (QED) is 0.334. The van der Waals surface area contributed by atoms with Gasteiger partial charge in [0.15, 0.2) is 0 Å². The normalized spacial score (nSPS) is 14.7. The third kappa shape index (κ3) is 4.78. The summed E-state index contributed by atoms with van der Waals surface area (Å²) >= 11 is 12.3. The average Bonchev–Trinajstić information content (AvgIpc) is 3.32. The molecule has 1 aliphatic heterocycles. The van der Waals surface area contributed by atoms with Crippen molar-refractivity contribution >= 4 is 40.7 Å². The number of benzene rings is 3. The van der Waals surface area contributed by atoms with Crippen molar-refractivity contribution in [1.82, 2.24) is 20.2 Å². The van der Waals surface area contributed by atoms with Gasteiger partial charge in [0, 0.05) is 27.0 Å². The molecular formula is C26H22Cl2N6O2. The zero-order valence-electron chi connectivity index (χ0n) is 19.5. The zero-order chi connectivity index (χ0) is 25.2. The number of aryl methyl sites for hydroxylation is 1. The van der Waals surface area contributed by atoms with E-state index in [2.05, 4.69) is 26.2 Å². The van der Waals surface area contributed by atoms with Crippen molar-refractivity contribution in [2.24, 2.45) is 0 Å². The van der Waals surface area contributed by atoms with Crippen molar-refractivity contribution in [3.05, 3.63) is 105 Å². The number of aromatic nitrogens is 4. The lowest BCUT2D eigenvalue weighted by Gasteiger charge is -2.28. The monoisotopic (exact) mass is 520 g/mol. The molecule has 0 fully saturated rings. The highest BCUT2D eigenvalue weighted by molar-refractivity contribution is 6.35. The number of nitrogens with one attached hydrogen (secondary N) is 2. The molecular weight excluding hydrogens is 499 g/mol. The van der Waals surface area contributed by atoms with E-state index in [0.717, 1.165) is 22.4 Å². The molecule has 1 amide bonds. The molecule has 4 aromatic rings. The van der Waals surface area contributed by atoms with Crippen molar-refractivity contribution < 1.29 is 9.53 Å². The molecule has 0 aliphatic carbocycles. The first-order chi connectivity index (χ1) is 17.4. The smallest absolute Gasteiger partial charge is 0.255 e. The Balaban J connectivity index is 1.46. The topological polar surface area (TPSA) is 94.0 Å². The van der Waals surface area contributed by atoms with Crippen molar-refractivity contribution in [2.45, 2.75) is 26.5 Å². The summed E-state index contributed by atoms with van der Waals surface area (Å²) in [5.41, 5.74) is 4.46. The summed E-state index contributed by atoms with van der Waals surface area (Å²) in [6.07, 6.45) is 0. The molecule has 1 aromatic heterocycles. The molecule has 1 atom stereocenters. The van der Waals surface area contributed by atoms with Crippen molar-refractivity contribution in [1.29, 1.82) is 0 Å². The summed E-state index contributed by atoms with van der Waals surface area (Å²) in [6, 6.07) is 19.8. The van der Waals surface area contributed by atoms with Gasteiger partial charge in [0.1, 0.15) is 18.4 Å². The van der Waals surface area contributed by atoms with Crippen LogP contribution in [0.15, 0.2) is 78.0 Å². The van der Waals surface area contributed by atoms with E-state index in [4.69, 9.17) is 27.9 Å². The van der Waals surface area contributed by atoms with E-state index in [-0.39, 0.29) is 12.5 Å². The van der Waals surface area contributed by atoms with Crippen LogP contribution in [-0.2, 0) is 11.4 Å². The second kappa shape index (κ2) is 10.0. The summed E-state index contributed by atoms with van der Waals surface area (Å²) in [5.74, 6) is 0.812. The predicted octanol–water partition coefficient (Wildman–Crippen LogP) is 5.79. The van der Waals surface area contributed by atoms with Gasteiger partial charge in [-0.2, -0.15) is 4.68 Å². The van der Waals surface area contributed by atoms with E-state index >= 15 is 0 Å². The zero-order valence-corrected chi connectivity index (χ0v) is 21.0. The number of allylic oxidation sites excluding steroid dienone is 1. The minimum Gasteiger partial charge on any atom is -0.489 e. The van der Waals surface area contributed by atoms with Crippen LogP contribution in [0.2, 0.25) is 10.0 Å². The van der Waals surface area contributed by atoms with Crippen LogP contribution in [0.4, 0.5) is 11.6 Å². The summed E-state index contributed by atoms with van der Waals surface area (Å²) in [7, 11) is 0.